The van der Waals surface area contributed by atoms with Gasteiger partial charge in [-0.05, 0) is 132 Å². The van der Waals surface area contributed by atoms with Crippen LogP contribution in [0.25, 0.3) is 11.1 Å². The van der Waals surface area contributed by atoms with E-state index in [4.69, 9.17) is 4.84 Å². The number of aromatic hydroxyl groups is 1. The van der Waals surface area contributed by atoms with Crippen LogP contribution in [0.2, 0.25) is 0 Å². The number of hydrogen-bond donors (Lipinski definition) is 2. The van der Waals surface area contributed by atoms with Crippen molar-refractivity contribution in [2.45, 2.75) is 51.4 Å². The highest BCUT2D eigenvalue weighted by Gasteiger charge is 2.42. The van der Waals surface area contributed by atoms with Crippen molar-refractivity contribution in [3.8, 4) is 46.3 Å². The third kappa shape index (κ3) is 6.90. The minimum atomic E-state index is -0.0526. The molecule has 0 saturated carbocycles. The molecule has 6 rings (SSSR count). The summed E-state index contributed by atoms with van der Waals surface area (Å²) in [6, 6.07) is 36.5. The molecule has 1 atom stereocenters. The third-order valence-electron chi connectivity index (χ3n) is 9.18. The van der Waals surface area contributed by atoms with Crippen LogP contribution in [0.3, 0.4) is 0 Å². The first-order chi connectivity index (χ1) is 23.4. The van der Waals surface area contributed by atoms with Crippen molar-refractivity contribution in [2.24, 2.45) is 0 Å². The summed E-state index contributed by atoms with van der Waals surface area (Å²) in [5, 5.41) is 14.4. The fourth-order valence-corrected chi connectivity index (χ4v) is 6.70. The van der Waals surface area contributed by atoms with Gasteiger partial charge in [-0.25, -0.2) is 5.06 Å². The van der Waals surface area contributed by atoms with E-state index in [0.29, 0.717) is 5.75 Å². The summed E-state index contributed by atoms with van der Waals surface area (Å²) in [5.41, 5.74) is 11.4. The number of hydrogen-bond acceptors (Lipinski definition) is 4. The first-order valence-electron chi connectivity index (χ1n) is 16.8. The highest BCUT2D eigenvalue weighted by molar-refractivity contribution is 5.82. The molecule has 4 heteroatoms. The third-order valence-corrected chi connectivity index (χ3v) is 9.18. The molecule has 1 unspecified atom stereocenters. The normalized spacial score (nSPS) is 14.1. The number of nitrogens with one attached hydrogen (secondary N) is 1. The second kappa shape index (κ2) is 14.5. The molecule has 0 amide bonds. The summed E-state index contributed by atoms with van der Waals surface area (Å²) in [5.74, 6) is 14.5. The molecular formula is C44H42N2O2. The second-order valence-electron chi connectivity index (χ2n) is 12.4. The number of rotatable bonds is 9. The van der Waals surface area contributed by atoms with Gasteiger partial charge in [0.15, 0.2) is 5.75 Å². The zero-order chi connectivity index (χ0) is 33.5. The molecule has 0 bridgehead atoms. The summed E-state index contributed by atoms with van der Waals surface area (Å²) in [6.45, 7) is 4.58. The Bertz CT molecular complexity index is 2010. The lowest BCUT2D eigenvalue weighted by Crippen LogP contribution is -2.25. The van der Waals surface area contributed by atoms with Gasteiger partial charge in [-0.1, -0.05) is 68.9 Å². The molecule has 0 aromatic heterocycles. The summed E-state index contributed by atoms with van der Waals surface area (Å²) < 4.78 is 0. The average molecular weight is 631 g/mol. The van der Waals surface area contributed by atoms with Crippen LogP contribution < -0.4 is 15.2 Å². The number of fused-ring (bicyclic) bond motifs is 3. The molecule has 0 aliphatic heterocycles. The summed E-state index contributed by atoms with van der Waals surface area (Å²) >= 11 is 0. The highest BCUT2D eigenvalue weighted by atomic mass is 16.7. The SMILES string of the molecule is CCCCC1(CCC)c2cc(C#Cc3ccc(NC)cc3)ccc2-c2ccc(C#Cc3ccc(N(C)Oc4ccc(O)cc4)cc3)cc21. The van der Waals surface area contributed by atoms with Crippen molar-refractivity contribution in [3.63, 3.8) is 0 Å². The van der Waals surface area contributed by atoms with E-state index in [1.165, 1.54) is 28.7 Å². The molecule has 5 aromatic carbocycles. The van der Waals surface area contributed by atoms with Crippen molar-refractivity contribution in [1.82, 2.24) is 0 Å². The Balaban J connectivity index is 1.28. The van der Waals surface area contributed by atoms with Crippen LogP contribution in [0.15, 0.2) is 109 Å². The molecular weight excluding hydrogens is 588 g/mol. The topological polar surface area (TPSA) is 44.7 Å². The predicted molar refractivity (Wildman–Crippen MR) is 199 cm³/mol. The Labute approximate surface area is 285 Å². The smallest absolute Gasteiger partial charge is 0.155 e. The van der Waals surface area contributed by atoms with Crippen molar-refractivity contribution in [2.75, 3.05) is 24.5 Å². The van der Waals surface area contributed by atoms with Crippen LogP contribution in [-0.4, -0.2) is 19.2 Å². The van der Waals surface area contributed by atoms with Gasteiger partial charge in [0.25, 0.3) is 0 Å². The molecule has 48 heavy (non-hydrogen) atoms. The summed E-state index contributed by atoms with van der Waals surface area (Å²) in [4.78, 5) is 5.89. The minimum Gasteiger partial charge on any atom is -0.508 e. The monoisotopic (exact) mass is 630 g/mol. The number of phenolic OH excluding ortho intramolecular Hbond substituents is 1. The molecule has 0 spiro atoms. The van der Waals surface area contributed by atoms with E-state index in [1.54, 1.807) is 29.3 Å². The fourth-order valence-electron chi connectivity index (χ4n) is 6.70. The lowest BCUT2D eigenvalue weighted by molar-refractivity contribution is 0.303. The molecule has 0 fully saturated rings. The predicted octanol–water partition coefficient (Wildman–Crippen LogP) is 9.92. The maximum Gasteiger partial charge on any atom is 0.155 e. The maximum absolute atomic E-state index is 9.53. The largest absolute Gasteiger partial charge is 0.508 e. The van der Waals surface area contributed by atoms with Gasteiger partial charge in [0.05, 0.1) is 5.69 Å². The van der Waals surface area contributed by atoms with Gasteiger partial charge < -0.3 is 15.3 Å². The fraction of sp³-hybridized carbons (Fsp3) is 0.227. The van der Waals surface area contributed by atoms with E-state index < -0.39 is 0 Å². The number of hydroxylamine groups is 1. The van der Waals surface area contributed by atoms with E-state index in [-0.39, 0.29) is 11.2 Å². The molecule has 5 aromatic rings. The molecule has 0 saturated heterocycles. The van der Waals surface area contributed by atoms with Crippen molar-refractivity contribution in [1.29, 1.82) is 0 Å². The molecule has 1 aliphatic rings. The second-order valence-corrected chi connectivity index (χ2v) is 12.4. The summed E-state index contributed by atoms with van der Waals surface area (Å²) in [7, 11) is 3.78. The van der Waals surface area contributed by atoms with Gasteiger partial charge >= 0.3 is 0 Å². The van der Waals surface area contributed by atoms with Crippen molar-refractivity contribution in [3.05, 3.63) is 143 Å². The van der Waals surface area contributed by atoms with Gasteiger partial charge in [-0.2, -0.15) is 0 Å². The highest BCUT2D eigenvalue weighted by Crippen LogP contribution is 2.54. The van der Waals surface area contributed by atoms with E-state index >= 15 is 0 Å². The first-order valence-corrected chi connectivity index (χ1v) is 16.8. The molecule has 2 N–H and O–H groups in total. The quantitative estimate of drug-likeness (QED) is 0.126. The zero-order valence-electron chi connectivity index (χ0n) is 28.2. The van der Waals surface area contributed by atoms with Gasteiger partial charge in [-0.15, -0.1) is 0 Å². The Morgan fingerprint density at radius 1 is 0.646 bits per heavy atom. The molecule has 240 valence electrons. The van der Waals surface area contributed by atoms with Crippen molar-refractivity contribution < 1.29 is 9.94 Å². The van der Waals surface area contributed by atoms with Crippen LogP contribution in [0.4, 0.5) is 11.4 Å². The Morgan fingerprint density at radius 2 is 1.17 bits per heavy atom. The lowest BCUT2D eigenvalue weighted by atomic mass is 9.71. The molecule has 4 nitrogen and oxygen atoms in total. The first kappa shape index (κ1) is 32.4. The number of unbranched alkanes of at least 4 members (excludes halogenated alkanes) is 1. The molecule has 0 radical (unpaired) electrons. The van der Waals surface area contributed by atoms with Gasteiger partial charge in [0, 0.05) is 47.5 Å². The Morgan fingerprint density at radius 3 is 1.69 bits per heavy atom. The van der Waals surface area contributed by atoms with E-state index in [0.717, 1.165) is 59.3 Å². The summed E-state index contributed by atoms with van der Waals surface area (Å²) in [6.07, 6.45) is 5.62. The Hall–Kier alpha value is -5.58. The Kier molecular flexibility index (Phi) is 9.75. The lowest BCUT2D eigenvalue weighted by Gasteiger charge is -2.32. The molecule has 1 aliphatic carbocycles. The van der Waals surface area contributed by atoms with Crippen LogP contribution in [0.1, 0.15) is 79.3 Å². The van der Waals surface area contributed by atoms with Gasteiger partial charge in [0.1, 0.15) is 5.75 Å². The number of anilines is 2. The number of phenols is 1. The number of benzene rings is 5. The van der Waals surface area contributed by atoms with Gasteiger partial charge in [0.2, 0.25) is 0 Å². The average Bonchev–Trinajstić information content (AvgIpc) is 3.38. The van der Waals surface area contributed by atoms with Crippen LogP contribution >= 0.6 is 0 Å². The minimum absolute atomic E-state index is 0.0526. The van der Waals surface area contributed by atoms with E-state index in [9.17, 15) is 5.11 Å². The van der Waals surface area contributed by atoms with Crippen molar-refractivity contribution >= 4 is 11.4 Å². The maximum atomic E-state index is 9.53. The van der Waals surface area contributed by atoms with Crippen LogP contribution in [-0.2, 0) is 5.41 Å². The van der Waals surface area contributed by atoms with Crippen LogP contribution in [0.5, 0.6) is 11.5 Å². The van der Waals surface area contributed by atoms with Gasteiger partial charge in [-0.3, -0.25) is 0 Å². The van der Waals surface area contributed by atoms with E-state index in [1.807, 2.05) is 38.4 Å². The van der Waals surface area contributed by atoms with Crippen LogP contribution in [0, 0.1) is 23.7 Å². The zero-order valence-corrected chi connectivity index (χ0v) is 28.2. The standard InChI is InChI=1S/C44H42N2O2/c1-5-7-29-44(28-6-2)42-30-34(10-8-32-12-18-36(45-3)19-13-32)16-26-40(42)41-27-17-35(31-43(41)44)11-9-33-14-20-37(21-15-33)46(4)48-39-24-22-38(47)23-25-39/h12-27,30-31,45,47H,5-7,28-29H2,1-4H3. The van der Waals surface area contributed by atoms with E-state index in [2.05, 4.69) is 104 Å². The molecule has 0 heterocycles. The number of nitrogens with zero attached hydrogens (tertiary/aromatic N) is 1.